The Morgan fingerprint density at radius 1 is 0.605 bits per heavy atom. The van der Waals surface area contributed by atoms with Crippen LogP contribution in [-0.2, 0) is 0 Å². The summed E-state index contributed by atoms with van der Waals surface area (Å²) in [7, 11) is -3.18. The smallest absolute Gasteiger partial charge is 0.112 e. The van der Waals surface area contributed by atoms with Crippen molar-refractivity contribution in [2.75, 3.05) is 6.16 Å². The summed E-state index contributed by atoms with van der Waals surface area (Å²) in [5, 5.41) is 6.33. The molecule has 0 bridgehead atoms. The van der Waals surface area contributed by atoms with Crippen molar-refractivity contribution in [3.63, 3.8) is 0 Å². The molecule has 0 nitrogen and oxygen atoms in total. The van der Waals surface area contributed by atoms with Gasteiger partial charge in [-0.05, 0) is 55.2 Å². The minimum absolute atomic E-state index is 0. The molecule has 0 spiro atoms. The van der Waals surface area contributed by atoms with Gasteiger partial charge in [-0.25, -0.2) is 0 Å². The Labute approximate surface area is 249 Å². The molecule has 0 saturated carbocycles. The van der Waals surface area contributed by atoms with E-state index >= 15 is 0 Å². The quantitative estimate of drug-likeness (QED) is 0.0990. The first-order valence-corrected chi connectivity index (χ1v) is 19.0. The van der Waals surface area contributed by atoms with E-state index in [1.165, 1.54) is 72.3 Å². The summed E-state index contributed by atoms with van der Waals surface area (Å²) in [6.07, 6.45) is 8.19. The second kappa shape index (κ2) is 14.1. The SMILES string of the molecule is CCCCC[Si]1(c2ccccc2)CCC(C[P+](c2ccccc2)(c2ccccc2)c2ccccc2)CC1.[I-]. The molecule has 4 aromatic carbocycles. The summed E-state index contributed by atoms with van der Waals surface area (Å²) in [5.74, 6) is 0.782. The maximum absolute atomic E-state index is 2.47. The third-order valence-corrected chi connectivity index (χ3v) is 18.8. The number of benzene rings is 4. The number of unbranched alkanes of at least 4 members (excludes halogenated alkanes) is 2. The zero-order valence-corrected chi connectivity index (χ0v) is 26.9. The lowest BCUT2D eigenvalue weighted by molar-refractivity contribution is -0.00000740. The number of hydrogen-bond donors (Lipinski definition) is 0. The van der Waals surface area contributed by atoms with Crippen molar-refractivity contribution >= 4 is 36.4 Å². The fraction of sp³-hybridized carbons (Fsp3) is 0.314. The summed E-state index contributed by atoms with van der Waals surface area (Å²) in [6, 6.07) is 50.5. The molecular formula is C35H42IPSi. The third-order valence-electron chi connectivity index (χ3n) is 8.83. The molecule has 1 aliphatic rings. The van der Waals surface area contributed by atoms with Crippen LogP contribution < -0.4 is 45.1 Å². The zero-order valence-electron chi connectivity index (χ0n) is 22.8. The van der Waals surface area contributed by atoms with E-state index in [1.54, 1.807) is 5.19 Å². The van der Waals surface area contributed by atoms with Crippen molar-refractivity contribution < 1.29 is 24.0 Å². The lowest BCUT2D eigenvalue weighted by Crippen LogP contribution is -3.00. The molecule has 0 amide bonds. The van der Waals surface area contributed by atoms with Gasteiger partial charge in [-0.1, -0.05) is 134 Å². The van der Waals surface area contributed by atoms with E-state index in [2.05, 4.69) is 128 Å². The highest BCUT2D eigenvalue weighted by Gasteiger charge is 2.49. The molecule has 1 aliphatic heterocycles. The van der Waals surface area contributed by atoms with Crippen molar-refractivity contribution in [2.45, 2.75) is 57.2 Å². The van der Waals surface area contributed by atoms with Gasteiger partial charge in [0, 0.05) is 0 Å². The van der Waals surface area contributed by atoms with Gasteiger partial charge in [-0.2, -0.15) is 0 Å². The van der Waals surface area contributed by atoms with Crippen LogP contribution in [0.25, 0.3) is 0 Å². The van der Waals surface area contributed by atoms with Gasteiger partial charge >= 0.3 is 0 Å². The van der Waals surface area contributed by atoms with Gasteiger partial charge in [0.1, 0.15) is 23.2 Å². The number of halogens is 1. The minimum atomic E-state index is -1.75. The molecule has 0 unspecified atom stereocenters. The summed E-state index contributed by atoms with van der Waals surface area (Å²) in [4.78, 5) is 0. The molecule has 198 valence electrons. The summed E-state index contributed by atoms with van der Waals surface area (Å²) >= 11 is 0. The topological polar surface area (TPSA) is 0 Å². The lowest BCUT2D eigenvalue weighted by Gasteiger charge is -2.41. The summed E-state index contributed by atoms with van der Waals surface area (Å²) < 4.78 is 0. The van der Waals surface area contributed by atoms with Gasteiger partial charge in [0.15, 0.2) is 0 Å². The third kappa shape index (κ3) is 6.35. The first-order valence-electron chi connectivity index (χ1n) is 14.4. The second-order valence-corrected chi connectivity index (χ2v) is 19.2. The van der Waals surface area contributed by atoms with Crippen molar-refractivity contribution in [1.82, 2.24) is 0 Å². The largest absolute Gasteiger partial charge is 1.00 e. The molecule has 1 fully saturated rings. The molecule has 0 aliphatic carbocycles. The van der Waals surface area contributed by atoms with Crippen molar-refractivity contribution in [3.8, 4) is 0 Å². The van der Waals surface area contributed by atoms with Crippen LogP contribution in [0.3, 0.4) is 0 Å². The molecule has 0 radical (unpaired) electrons. The van der Waals surface area contributed by atoms with Crippen LogP contribution in [0.1, 0.15) is 39.0 Å². The zero-order chi connectivity index (χ0) is 25.4. The Hall–Kier alpha value is -1.74. The molecule has 5 rings (SSSR count). The second-order valence-electron chi connectivity index (χ2n) is 11.0. The van der Waals surface area contributed by atoms with Crippen LogP contribution in [0.15, 0.2) is 121 Å². The number of rotatable bonds is 10. The molecule has 38 heavy (non-hydrogen) atoms. The van der Waals surface area contributed by atoms with Crippen LogP contribution >= 0.6 is 7.26 Å². The standard InChI is InChI=1S/C35H42PSi.HI/c1-2-3-16-27-37(35-23-14-7-15-24-35)28-25-31(26-29-37)30-36(32-17-8-4-9-18-32,33-19-10-5-11-20-33)34-21-12-6-13-22-34;/h4-15,17-24,31H,2-3,16,25-30H2,1H3;1H/q+1;/p-1. The van der Waals surface area contributed by atoms with Gasteiger partial charge in [0.05, 0.1) is 14.2 Å². The molecule has 1 heterocycles. The highest BCUT2D eigenvalue weighted by Crippen LogP contribution is 2.58. The van der Waals surface area contributed by atoms with Gasteiger partial charge < -0.3 is 24.0 Å². The van der Waals surface area contributed by atoms with E-state index in [1.807, 2.05) is 0 Å². The molecule has 1 saturated heterocycles. The van der Waals surface area contributed by atoms with Crippen molar-refractivity contribution in [2.24, 2.45) is 5.92 Å². The average molecular weight is 649 g/mol. The molecule has 3 heteroatoms. The molecular weight excluding hydrogens is 606 g/mol. The van der Waals surface area contributed by atoms with E-state index in [0.717, 1.165) is 5.92 Å². The monoisotopic (exact) mass is 648 g/mol. The van der Waals surface area contributed by atoms with Gasteiger partial charge in [0.25, 0.3) is 0 Å². The fourth-order valence-corrected chi connectivity index (χ4v) is 16.9. The minimum Gasteiger partial charge on any atom is -1.00 e. The Morgan fingerprint density at radius 2 is 1.03 bits per heavy atom. The molecule has 0 N–H and O–H groups in total. The van der Waals surface area contributed by atoms with E-state index in [9.17, 15) is 0 Å². The first kappa shape index (κ1) is 29.2. The van der Waals surface area contributed by atoms with Gasteiger partial charge in [-0.3, -0.25) is 0 Å². The maximum Gasteiger partial charge on any atom is 0.112 e. The average Bonchev–Trinajstić information content (AvgIpc) is 2.99. The Bertz CT molecular complexity index is 1110. The van der Waals surface area contributed by atoms with Crippen LogP contribution in [0.4, 0.5) is 0 Å². The molecule has 0 aromatic heterocycles. The Morgan fingerprint density at radius 3 is 1.45 bits per heavy atom. The van der Waals surface area contributed by atoms with E-state index < -0.39 is 15.3 Å². The Balaban J connectivity index is 0.00000336. The van der Waals surface area contributed by atoms with Crippen molar-refractivity contribution in [1.29, 1.82) is 0 Å². The molecule has 0 atom stereocenters. The van der Waals surface area contributed by atoms with E-state index in [-0.39, 0.29) is 24.0 Å². The first-order chi connectivity index (χ1) is 18.3. The lowest BCUT2D eigenvalue weighted by atomic mass is 10.1. The predicted molar refractivity (Wildman–Crippen MR) is 169 cm³/mol. The fourth-order valence-electron chi connectivity index (χ4n) is 6.80. The normalized spacial score (nSPS) is 19.4. The van der Waals surface area contributed by atoms with Gasteiger partial charge in [0.2, 0.25) is 0 Å². The highest BCUT2D eigenvalue weighted by molar-refractivity contribution is 7.95. The molecule has 4 aromatic rings. The predicted octanol–water partition coefficient (Wildman–Crippen LogP) is 4.94. The maximum atomic E-state index is 2.47. The van der Waals surface area contributed by atoms with E-state index in [0.29, 0.717) is 0 Å². The summed E-state index contributed by atoms with van der Waals surface area (Å²) in [6.45, 7) is 2.34. The van der Waals surface area contributed by atoms with Crippen LogP contribution in [0.5, 0.6) is 0 Å². The number of hydrogen-bond acceptors (Lipinski definition) is 0. The van der Waals surface area contributed by atoms with Gasteiger partial charge in [-0.15, -0.1) is 0 Å². The van der Waals surface area contributed by atoms with Crippen molar-refractivity contribution in [3.05, 3.63) is 121 Å². The van der Waals surface area contributed by atoms with E-state index in [4.69, 9.17) is 0 Å². The van der Waals surface area contributed by atoms with Crippen LogP contribution in [0, 0.1) is 5.92 Å². The Kier molecular flexibility index (Phi) is 10.8. The van der Waals surface area contributed by atoms with Crippen LogP contribution in [-0.4, -0.2) is 14.2 Å². The highest BCUT2D eigenvalue weighted by atomic mass is 127. The van der Waals surface area contributed by atoms with Crippen LogP contribution in [0.2, 0.25) is 18.1 Å². The summed E-state index contributed by atoms with van der Waals surface area (Å²) in [5.41, 5.74) is 0.